The van der Waals surface area contributed by atoms with Gasteiger partial charge in [-0.1, -0.05) is 60.1 Å². The van der Waals surface area contributed by atoms with Crippen LogP contribution >= 0.6 is 0 Å². The molecule has 0 saturated carbocycles. The average molecular weight is 829 g/mol. The van der Waals surface area contributed by atoms with Crippen LogP contribution in [-0.2, 0) is 0 Å². The van der Waals surface area contributed by atoms with Crippen LogP contribution in [0.15, 0.2) is 158 Å². The normalized spacial score (nSPS) is 11.1. The van der Waals surface area contributed by atoms with Crippen molar-refractivity contribution in [3.05, 3.63) is 203 Å². The third-order valence-electron chi connectivity index (χ3n) is 9.24. The summed E-state index contributed by atoms with van der Waals surface area (Å²) in [6.45, 7) is 11.9. The molecular weight excluding hydrogens is 785 g/mol. The molecular formula is C54H44F4N2O2. The fourth-order valence-electron chi connectivity index (χ4n) is 6.59. The molecule has 0 aliphatic rings. The van der Waals surface area contributed by atoms with Gasteiger partial charge in [-0.15, -0.1) is 0 Å². The van der Waals surface area contributed by atoms with Crippen molar-refractivity contribution >= 4 is 34.1 Å². The number of benzene rings is 7. The van der Waals surface area contributed by atoms with Crippen LogP contribution in [0.4, 0.5) is 51.7 Å². The summed E-state index contributed by atoms with van der Waals surface area (Å²) in [6, 6.07) is 48.7. The maximum Gasteiger partial charge on any atom is 0.178 e. The minimum atomic E-state index is -1.63. The molecule has 0 aliphatic carbocycles. The van der Waals surface area contributed by atoms with Crippen LogP contribution in [0.1, 0.15) is 63.8 Å². The lowest BCUT2D eigenvalue weighted by atomic mass is 10.1. The molecule has 0 saturated heterocycles. The van der Waals surface area contributed by atoms with Gasteiger partial charge in [0.15, 0.2) is 23.3 Å². The molecule has 310 valence electrons. The summed E-state index contributed by atoms with van der Waals surface area (Å²) in [4.78, 5) is 4.05. The maximum atomic E-state index is 15.4. The van der Waals surface area contributed by atoms with E-state index in [9.17, 15) is 0 Å². The van der Waals surface area contributed by atoms with Gasteiger partial charge in [-0.05, 0) is 163 Å². The first kappa shape index (κ1) is 42.7. The Morgan fingerprint density at radius 3 is 0.871 bits per heavy atom. The monoisotopic (exact) mass is 828 g/mol. The van der Waals surface area contributed by atoms with Gasteiger partial charge in [-0.25, -0.2) is 17.6 Å². The topological polar surface area (TPSA) is 24.9 Å². The first-order valence-electron chi connectivity index (χ1n) is 20.0. The Balaban J connectivity index is 1.11. The highest BCUT2D eigenvalue weighted by atomic mass is 19.2. The van der Waals surface area contributed by atoms with E-state index in [0.29, 0.717) is 11.1 Å². The van der Waals surface area contributed by atoms with E-state index in [0.717, 1.165) is 45.6 Å². The van der Waals surface area contributed by atoms with Gasteiger partial charge in [0.1, 0.15) is 33.8 Å². The van der Waals surface area contributed by atoms with Crippen LogP contribution in [0.2, 0.25) is 0 Å². The lowest BCUT2D eigenvalue weighted by molar-refractivity contribution is 0.130. The zero-order valence-electron chi connectivity index (χ0n) is 35.2. The number of ether oxygens (including phenoxy) is 2. The Labute approximate surface area is 361 Å². The fraction of sp³-hybridized carbons (Fsp3) is 0.148. The number of rotatable bonds is 8. The van der Waals surface area contributed by atoms with E-state index in [2.05, 4.69) is 23.7 Å². The largest absolute Gasteiger partial charge is 0.488 e. The van der Waals surface area contributed by atoms with Gasteiger partial charge in [-0.3, -0.25) is 0 Å². The summed E-state index contributed by atoms with van der Waals surface area (Å²) in [7, 11) is 0. The smallest absolute Gasteiger partial charge is 0.178 e. The highest BCUT2D eigenvalue weighted by molar-refractivity contribution is 5.78. The number of hydrogen-bond donors (Lipinski definition) is 0. The molecule has 0 aliphatic heterocycles. The van der Waals surface area contributed by atoms with Crippen molar-refractivity contribution in [2.45, 2.75) is 52.7 Å². The SMILES string of the molecule is CC(C)(C)Oc1ccc(N(c2ccccc2)c2ccc(C#Cc3c(F)c(F)c(C#Cc4ccc(N(c5ccccc5)c5ccc(OC(C)(C)C)cc5)cc4)c(F)c3F)cc2)cc1. The Morgan fingerprint density at radius 1 is 0.339 bits per heavy atom. The zero-order chi connectivity index (χ0) is 44.0. The molecule has 0 radical (unpaired) electrons. The predicted octanol–water partition coefficient (Wildman–Crippen LogP) is 14.3. The summed E-state index contributed by atoms with van der Waals surface area (Å²) in [5.41, 5.74) is 3.08. The lowest BCUT2D eigenvalue weighted by Crippen LogP contribution is -2.22. The van der Waals surface area contributed by atoms with Crippen LogP contribution in [0.3, 0.4) is 0 Å². The molecule has 0 aromatic heterocycles. The van der Waals surface area contributed by atoms with Crippen LogP contribution in [0.25, 0.3) is 0 Å². The van der Waals surface area contributed by atoms with E-state index >= 15 is 17.6 Å². The molecule has 7 aromatic rings. The summed E-state index contributed by atoms with van der Waals surface area (Å²) < 4.78 is 73.5. The van der Waals surface area contributed by atoms with E-state index in [1.54, 1.807) is 48.5 Å². The summed E-state index contributed by atoms with van der Waals surface area (Å²) >= 11 is 0. The molecule has 0 heterocycles. The van der Waals surface area contributed by atoms with Crippen molar-refractivity contribution < 1.29 is 27.0 Å². The van der Waals surface area contributed by atoms with Crippen molar-refractivity contribution in [2.75, 3.05) is 9.80 Å². The summed E-state index contributed by atoms with van der Waals surface area (Å²) in [5.74, 6) is 4.88. The van der Waals surface area contributed by atoms with Gasteiger partial charge in [-0.2, -0.15) is 0 Å². The Morgan fingerprint density at radius 2 is 0.597 bits per heavy atom. The molecule has 8 heteroatoms. The van der Waals surface area contributed by atoms with Gasteiger partial charge >= 0.3 is 0 Å². The zero-order valence-corrected chi connectivity index (χ0v) is 35.2. The minimum absolute atomic E-state index is 0.351. The number of hydrogen-bond acceptors (Lipinski definition) is 4. The Bertz CT molecular complexity index is 2550. The van der Waals surface area contributed by atoms with Crippen LogP contribution in [-0.4, -0.2) is 11.2 Å². The van der Waals surface area contributed by atoms with Gasteiger partial charge in [0.25, 0.3) is 0 Å². The van der Waals surface area contributed by atoms with Gasteiger partial charge < -0.3 is 19.3 Å². The summed E-state index contributed by atoms with van der Waals surface area (Å²) in [5, 5.41) is 0. The molecule has 0 amide bonds. The Kier molecular flexibility index (Phi) is 12.4. The molecule has 0 N–H and O–H groups in total. The van der Waals surface area contributed by atoms with Gasteiger partial charge in [0.2, 0.25) is 0 Å². The van der Waals surface area contributed by atoms with Gasteiger partial charge in [0.05, 0.1) is 0 Å². The van der Waals surface area contributed by atoms with Crippen molar-refractivity contribution in [1.29, 1.82) is 0 Å². The van der Waals surface area contributed by atoms with Crippen molar-refractivity contribution in [3.8, 4) is 35.2 Å². The second kappa shape index (κ2) is 18.1. The first-order chi connectivity index (χ1) is 29.6. The van der Waals surface area contributed by atoms with Crippen LogP contribution < -0.4 is 19.3 Å². The number of nitrogens with zero attached hydrogens (tertiary/aromatic N) is 2. The molecule has 62 heavy (non-hydrogen) atoms. The van der Waals surface area contributed by atoms with E-state index in [-0.39, 0.29) is 11.2 Å². The molecule has 7 rings (SSSR count). The number of halogens is 4. The van der Waals surface area contributed by atoms with Crippen molar-refractivity contribution in [1.82, 2.24) is 0 Å². The van der Waals surface area contributed by atoms with E-state index in [1.807, 2.05) is 161 Å². The highest BCUT2D eigenvalue weighted by Gasteiger charge is 2.24. The molecule has 0 spiro atoms. The maximum absolute atomic E-state index is 15.4. The molecule has 4 nitrogen and oxygen atoms in total. The highest BCUT2D eigenvalue weighted by Crippen LogP contribution is 2.37. The fourth-order valence-corrected chi connectivity index (χ4v) is 6.59. The van der Waals surface area contributed by atoms with Crippen molar-refractivity contribution in [2.24, 2.45) is 0 Å². The number of anilines is 6. The molecule has 0 fully saturated rings. The first-order valence-corrected chi connectivity index (χ1v) is 20.0. The molecule has 0 unspecified atom stereocenters. The lowest BCUT2D eigenvalue weighted by Gasteiger charge is -2.26. The van der Waals surface area contributed by atoms with E-state index in [4.69, 9.17) is 9.47 Å². The average Bonchev–Trinajstić information content (AvgIpc) is 3.25. The molecule has 7 aromatic carbocycles. The molecule has 0 atom stereocenters. The second-order valence-corrected chi connectivity index (χ2v) is 16.4. The quantitative estimate of drug-likeness (QED) is 0.0865. The van der Waals surface area contributed by atoms with Crippen molar-refractivity contribution in [3.63, 3.8) is 0 Å². The van der Waals surface area contributed by atoms with E-state index in [1.165, 1.54) is 0 Å². The Hall–Kier alpha value is -7.42. The number of para-hydroxylation sites is 2. The van der Waals surface area contributed by atoms with Crippen LogP contribution in [0, 0.1) is 47.0 Å². The second-order valence-electron chi connectivity index (χ2n) is 16.4. The standard InChI is InChI=1S/C54H44F4N2O2/c1-53(2,3)61-45-31-27-43(28-32-45)59(39-13-9-7-10-14-39)41-23-17-37(18-24-41)21-35-47-49(55)51(57)48(52(58)50(47)56)36-22-38-19-25-42(26-20-38)60(40-15-11-8-12-16-40)44-29-33-46(34-30-44)62-54(4,5)6/h7-20,23-34H,1-6H3. The van der Waals surface area contributed by atoms with Gasteiger partial charge in [0, 0.05) is 45.3 Å². The van der Waals surface area contributed by atoms with Crippen LogP contribution in [0.5, 0.6) is 11.5 Å². The summed E-state index contributed by atoms with van der Waals surface area (Å²) in [6.07, 6.45) is 0. The third kappa shape index (κ3) is 10.3. The van der Waals surface area contributed by atoms with E-state index < -0.39 is 34.4 Å². The predicted molar refractivity (Wildman–Crippen MR) is 241 cm³/mol. The minimum Gasteiger partial charge on any atom is -0.488 e. The molecule has 0 bridgehead atoms. The third-order valence-corrected chi connectivity index (χ3v) is 9.24.